The highest BCUT2D eigenvalue weighted by Gasteiger charge is 2.26. The van der Waals surface area contributed by atoms with E-state index >= 15 is 0 Å². The van der Waals surface area contributed by atoms with Crippen LogP contribution in [0.3, 0.4) is 0 Å². The third kappa shape index (κ3) is 5.29. The van der Waals surface area contributed by atoms with Gasteiger partial charge in [-0.1, -0.05) is 42.5 Å². The van der Waals surface area contributed by atoms with Gasteiger partial charge < -0.3 is 10.1 Å². The number of hydrogen-bond donors (Lipinski definition) is 2. The van der Waals surface area contributed by atoms with E-state index in [1.165, 1.54) is 7.05 Å². The summed E-state index contributed by atoms with van der Waals surface area (Å²) in [7, 11) is 1.39. The number of benzene rings is 2. The van der Waals surface area contributed by atoms with E-state index < -0.39 is 24.0 Å². The summed E-state index contributed by atoms with van der Waals surface area (Å²) in [6, 6.07) is 16.5. The summed E-state index contributed by atoms with van der Waals surface area (Å²) in [5.74, 6) is -1.41. The minimum atomic E-state index is -1.26. The van der Waals surface area contributed by atoms with E-state index in [1.54, 1.807) is 65.5 Å². The first kappa shape index (κ1) is 19.8. The zero-order chi connectivity index (χ0) is 20.6. The predicted octanol–water partition coefficient (Wildman–Crippen LogP) is 2.29. The second kappa shape index (κ2) is 9.32. The predicted molar refractivity (Wildman–Crippen MR) is 105 cm³/mol. The van der Waals surface area contributed by atoms with Gasteiger partial charge in [0.2, 0.25) is 6.10 Å². The van der Waals surface area contributed by atoms with E-state index in [0.717, 1.165) is 5.56 Å². The maximum atomic E-state index is 12.6. The van der Waals surface area contributed by atoms with Gasteiger partial charge in [0.15, 0.2) is 0 Å². The molecule has 0 aliphatic carbocycles. The molecule has 3 rings (SSSR count). The van der Waals surface area contributed by atoms with E-state index in [9.17, 15) is 14.4 Å². The minimum absolute atomic E-state index is 0.294. The fraction of sp³-hybridized carbons (Fsp3) is 0.143. The molecule has 0 bridgehead atoms. The summed E-state index contributed by atoms with van der Waals surface area (Å²) in [5.41, 5.74) is 1.71. The number of urea groups is 1. The number of nitrogens with one attached hydrogen (secondary N) is 2. The van der Waals surface area contributed by atoms with Crippen LogP contribution in [0.15, 0.2) is 73.1 Å². The van der Waals surface area contributed by atoms with Gasteiger partial charge in [0.1, 0.15) is 0 Å². The van der Waals surface area contributed by atoms with Crippen molar-refractivity contribution >= 4 is 17.9 Å². The molecule has 0 fully saturated rings. The van der Waals surface area contributed by atoms with E-state index in [1.807, 2.05) is 12.3 Å². The largest absolute Gasteiger partial charge is 0.444 e. The van der Waals surface area contributed by atoms with Crippen molar-refractivity contribution in [3.05, 3.63) is 89.7 Å². The molecule has 29 heavy (non-hydrogen) atoms. The number of aromatic nitrogens is 2. The molecule has 0 aliphatic rings. The molecule has 8 nitrogen and oxygen atoms in total. The molecular weight excluding hydrogens is 372 g/mol. The lowest BCUT2D eigenvalue weighted by Crippen LogP contribution is -2.41. The maximum Gasteiger partial charge on any atom is 0.339 e. The molecule has 8 heteroatoms. The molecule has 3 amide bonds. The Morgan fingerprint density at radius 3 is 2.38 bits per heavy atom. The molecule has 1 unspecified atom stereocenters. The molecule has 0 saturated carbocycles. The van der Waals surface area contributed by atoms with Crippen LogP contribution in [0.5, 0.6) is 0 Å². The summed E-state index contributed by atoms with van der Waals surface area (Å²) in [4.78, 5) is 36.5. The summed E-state index contributed by atoms with van der Waals surface area (Å²) in [5, 5.41) is 8.58. The van der Waals surface area contributed by atoms with Gasteiger partial charge in [0.05, 0.1) is 12.1 Å². The van der Waals surface area contributed by atoms with Gasteiger partial charge in [-0.3, -0.25) is 14.8 Å². The summed E-state index contributed by atoms with van der Waals surface area (Å²) in [6.45, 7) is 0.573. The number of ether oxygens (including phenoxy) is 1. The lowest BCUT2D eigenvalue weighted by atomic mass is 10.1. The SMILES string of the molecule is CNC(=O)NC(=O)C(OC(=O)c1ccc(Cn2cccn2)cc1)c1ccccc1. The van der Waals surface area contributed by atoms with Crippen LogP contribution in [0.1, 0.15) is 27.6 Å². The van der Waals surface area contributed by atoms with E-state index in [4.69, 9.17) is 4.74 Å². The standard InChI is InChI=1S/C21H20N4O4/c1-22-21(28)24-19(26)18(16-6-3-2-4-7-16)29-20(27)17-10-8-15(9-11-17)14-25-13-5-12-23-25/h2-13,18H,14H2,1H3,(H2,22,24,26,28). The van der Waals surface area contributed by atoms with Crippen LogP contribution < -0.4 is 10.6 Å². The fourth-order valence-corrected chi connectivity index (χ4v) is 2.64. The van der Waals surface area contributed by atoms with Gasteiger partial charge in [-0.2, -0.15) is 5.10 Å². The number of imide groups is 1. The van der Waals surface area contributed by atoms with Crippen LogP contribution in [0, 0.1) is 0 Å². The van der Waals surface area contributed by atoms with Gasteiger partial charge in [-0.15, -0.1) is 0 Å². The number of esters is 1. The lowest BCUT2D eigenvalue weighted by molar-refractivity contribution is -0.129. The van der Waals surface area contributed by atoms with Gasteiger partial charge in [0.25, 0.3) is 5.91 Å². The topological polar surface area (TPSA) is 102 Å². The molecule has 1 aromatic heterocycles. The van der Waals surface area contributed by atoms with Crippen LogP contribution >= 0.6 is 0 Å². The Morgan fingerprint density at radius 2 is 1.76 bits per heavy atom. The highest BCUT2D eigenvalue weighted by Crippen LogP contribution is 2.20. The molecule has 1 heterocycles. The highest BCUT2D eigenvalue weighted by molar-refractivity contribution is 5.99. The smallest absolute Gasteiger partial charge is 0.339 e. The normalized spacial score (nSPS) is 11.3. The Labute approximate surface area is 167 Å². The van der Waals surface area contributed by atoms with Crippen LogP contribution in [0.25, 0.3) is 0 Å². The average molecular weight is 392 g/mol. The molecule has 148 valence electrons. The van der Waals surface area contributed by atoms with Crippen LogP contribution in [-0.2, 0) is 16.1 Å². The van der Waals surface area contributed by atoms with Crippen LogP contribution in [0.4, 0.5) is 4.79 Å². The quantitative estimate of drug-likeness (QED) is 0.627. The fourth-order valence-electron chi connectivity index (χ4n) is 2.64. The number of carbonyl (C=O) groups excluding carboxylic acids is 3. The molecule has 2 N–H and O–H groups in total. The van der Waals surface area contributed by atoms with Gasteiger partial charge >= 0.3 is 12.0 Å². The van der Waals surface area contributed by atoms with Crippen molar-refractivity contribution in [1.82, 2.24) is 20.4 Å². The molecule has 1 atom stereocenters. The summed E-state index contributed by atoms with van der Waals surface area (Å²) >= 11 is 0. The van der Waals surface area contributed by atoms with Crippen LogP contribution in [0.2, 0.25) is 0 Å². The molecule has 0 saturated heterocycles. The van der Waals surface area contributed by atoms with Gasteiger partial charge in [-0.25, -0.2) is 9.59 Å². The first-order valence-corrected chi connectivity index (χ1v) is 8.91. The molecular formula is C21H20N4O4. The van der Waals surface area contributed by atoms with Crippen molar-refractivity contribution in [3.63, 3.8) is 0 Å². The van der Waals surface area contributed by atoms with E-state index in [0.29, 0.717) is 17.7 Å². The average Bonchev–Trinajstić information content (AvgIpc) is 3.25. The lowest BCUT2D eigenvalue weighted by Gasteiger charge is -2.17. The van der Waals surface area contributed by atoms with E-state index in [-0.39, 0.29) is 0 Å². The Bertz CT molecular complexity index is 970. The number of nitrogens with zero attached hydrogens (tertiary/aromatic N) is 2. The zero-order valence-corrected chi connectivity index (χ0v) is 15.7. The zero-order valence-electron chi connectivity index (χ0n) is 15.7. The maximum absolute atomic E-state index is 12.6. The highest BCUT2D eigenvalue weighted by atomic mass is 16.5. The van der Waals surface area contributed by atoms with Crippen molar-refractivity contribution in [3.8, 4) is 0 Å². The first-order valence-electron chi connectivity index (χ1n) is 8.91. The van der Waals surface area contributed by atoms with Gasteiger partial charge in [-0.05, 0) is 23.8 Å². The molecule has 3 aromatic rings. The monoisotopic (exact) mass is 392 g/mol. The number of amides is 3. The van der Waals surface area contributed by atoms with Crippen molar-refractivity contribution in [2.24, 2.45) is 0 Å². The van der Waals surface area contributed by atoms with Crippen molar-refractivity contribution in [1.29, 1.82) is 0 Å². The third-order valence-electron chi connectivity index (χ3n) is 4.12. The molecule has 0 aliphatic heterocycles. The van der Waals surface area contributed by atoms with E-state index in [2.05, 4.69) is 15.7 Å². The molecule has 0 spiro atoms. The third-order valence-corrected chi connectivity index (χ3v) is 4.12. The Kier molecular flexibility index (Phi) is 6.36. The van der Waals surface area contributed by atoms with Crippen molar-refractivity contribution < 1.29 is 19.1 Å². The number of hydrogen-bond acceptors (Lipinski definition) is 5. The van der Waals surface area contributed by atoms with Gasteiger partial charge in [0, 0.05) is 25.0 Å². The Hall–Kier alpha value is -3.94. The van der Waals surface area contributed by atoms with Crippen molar-refractivity contribution in [2.75, 3.05) is 7.05 Å². The Morgan fingerprint density at radius 1 is 1.03 bits per heavy atom. The first-order chi connectivity index (χ1) is 14.1. The van der Waals surface area contributed by atoms with Crippen molar-refractivity contribution in [2.45, 2.75) is 12.6 Å². The molecule has 2 aromatic carbocycles. The number of rotatable bonds is 6. The second-order valence-corrected chi connectivity index (χ2v) is 6.16. The van der Waals surface area contributed by atoms with Crippen LogP contribution in [-0.4, -0.2) is 34.7 Å². The summed E-state index contributed by atoms with van der Waals surface area (Å²) < 4.78 is 7.19. The number of carbonyl (C=O) groups is 3. The molecule has 0 radical (unpaired) electrons. The minimum Gasteiger partial charge on any atom is -0.444 e. The summed E-state index contributed by atoms with van der Waals surface area (Å²) in [6.07, 6.45) is 2.28. The Balaban J connectivity index is 1.73. The second-order valence-electron chi connectivity index (χ2n) is 6.16.